The van der Waals surface area contributed by atoms with Gasteiger partial charge >= 0.3 is 0 Å². The van der Waals surface area contributed by atoms with Crippen LogP contribution in [0.4, 0.5) is 11.6 Å². The quantitative estimate of drug-likeness (QED) is 0.528. The molecular formula is C22H25N7O2. The van der Waals surface area contributed by atoms with Gasteiger partial charge in [-0.3, -0.25) is 0 Å². The van der Waals surface area contributed by atoms with Crippen LogP contribution in [0.2, 0.25) is 0 Å². The molecule has 1 unspecified atom stereocenters. The third kappa shape index (κ3) is 3.08. The molecule has 160 valence electrons. The first kappa shape index (κ1) is 19.3. The Morgan fingerprint density at radius 1 is 1.03 bits per heavy atom. The third-order valence-electron chi connectivity index (χ3n) is 6.33. The molecule has 1 N–H and O–H groups in total. The molecule has 0 aliphatic carbocycles. The number of hydrogen-bond acceptors (Lipinski definition) is 8. The van der Waals surface area contributed by atoms with E-state index in [-0.39, 0.29) is 5.54 Å². The Labute approximate surface area is 180 Å². The molecule has 4 heterocycles. The number of hydrogen-bond donors (Lipinski definition) is 1. The van der Waals surface area contributed by atoms with Crippen molar-refractivity contribution in [3.63, 3.8) is 0 Å². The van der Waals surface area contributed by atoms with Gasteiger partial charge in [-0.1, -0.05) is 0 Å². The van der Waals surface area contributed by atoms with Crippen LogP contribution in [-0.4, -0.2) is 64.8 Å². The lowest BCUT2D eigenvalue weighted by atomic mass is 9.99. The van der Waals surface area contributed by atoms with E-state index in [9.17, 15) is 0 Å². The highest BCUT2D eigenvalue weighted by atomic mass is 16.5. The summed E-state index contributed by atoms with van der Waals surface area (Å²) in [5.41, 5.74) is 1.54. The molecule has 5 rings (SSSR count). The van der Waals surface area contributed by atoms with E-state index in [0.29, 0.717) is 11.5 Å². The van der Waals surface area contributed by atoms with Gasteiger partial charge in [-0.15, -0.1) is 0 Å². The zero-order chi connectivity index (χ0) is 21.6. The van der Waals surface area contributed by atoms with E-state index in [1.165, 1.54) is 0 Å². The third-order valence-corrected chi connectivity index (χ3v) is 6.33. The van der Waals surface area contributed by atoms with Crippen molar-refractivity contribution in [3.05, 3.63) is 37.1 Å². The second-order valence-electron chi connectivity index (χ2n) is 8.09. The lowest BCUT2D eigenvalue weighted by Gasteiger charge is -2.37. The summed E-state index contributed by atoms with van der Waals surface area (Å²) in [6, 6.07) is 5.87. The summed E-state index contributed by atoms with van der Waals surface area (Å²) in [5, 5.41) is 1.97. The van der Waals surface area contributed by atoms with E-state index in [1.807, 2.05) is 24.4 Å². The van der Waals surface area contributed by atoms with Gasteiger partial charge in [-0.25, -0.2) is 19.9 Å². The molecule has 1 fully saturated rings. The number of anilines is 2. The summed E-state index contributed by atoms with van der Waals surface area (Å²) >= 11 is 0. The molecule has 0 bridgehead atoms. The number of benzene rings is 1. The van der Waals surface area contributed by atoms with Crippen molar-refractivity contribution in [1.29, 1.82) is 0 Å². The first-order valence-electron chi connectivity index (χ1n) is 10.2. The van der Waals surface area contributed by atoms with Gasteiger partial charge in [0.15, 0.2) is 11.5 Å². The molecule has 9 nitrogen and oxygen atoms in total. The lowest BCUT2D eigenvalue weighted by Crippen LogP contribution is -2.47. The van der Waals surface area contributed by atoms with E-state index >= 15 is 0 Å². The minimum absolute atomic E-state index is 0.137. The largest absolute Gasteiger partial charge is 0.493 e. The Morgan fingerprint density at radius 3 is 2.61 bits per heavy atom. The molecule has 3 aromatic heterocycles. The summed E-state index contributed by atoms with van der Waals surface area (Å²) in [7, 11) is 5.35. The molecule has 1 atom stereocenters. The molecule has 9 heteroatoms. The number of rotatable bonds is 5. The zero-order valence-electron chi connectivity index (χ0n) is 18.1. The highest BCUT2D eigenvalue weighted by Gasteiger charge is 2.39. The van der Waals surface area contributed by atoms with Gasteiger partial charge in [0.2, 0.25) is 0 Å². The molecule has 31 heavy (non-hydrogen) atoms. The van der Waals surface area contributed by atoms with Gasteiger partial charge in [-0.2, -0.15) is 0 Å². The predicted molar refractivity (Wildman–Crippen MR) is 120 cm³/mol. The second-order valence-corrected chi connectivity index (χ2v) is 8.09. The molecule has 1 aliphatic heterocycles. The van der Waals surface area contributed by atoms with Crippen molar-refractivity contribution in [2.24, 2.45) is 0 Å². The van der Waals surface area contributed by atoms with Gasteiger partial charge in [0.25, 0.3) is 0 Å². The van der Waals surface area contributed by atoms with Crippen molar-refractivity contribution in [2.75, 3.05) is 44.2 Å². The summed E-state index contributed by atoms with van der Waals surface area (Å²) in [4.78, 5) is 25.7. The first-order valence-corrected chi connectivity index (χ1v) is 10.2. The maximum atomic E-state index is 5.51. The average Bonchev–Trinajstić information content (AvgIpc) is 3.44. The van der Waals surface area contributed by atoms with Crippen LogP contribution in [-0.2, 0) is 0 Å². The number of methoxy groups -OCH3 is 2. The van der Waals surface area contributed by atoms with E-state index in [1.54, 1.807) is 26.9 Å². The highest BCUT2D eigenvalue weighted by molar-refractivity contribution is 5.92. The summed E-state index contributed by atoms with van der Waals surface area (Å²) < 4.78 is 10.9. The van der Waals surface area contributed by atoms with Gasteiger partial charge in [0, 0.05) is 37.8 Å². The van der Waals surface area contributed by atoms with Crippen molar-refractivity contribution in [3.8, 4) is 11.5 Å². The second kappa shape index (κ2) is 7.26. The standard InChI is InChI=1S/C22H25N7O2/c1-22(6-8-29(11-22)21-14-5-7-23-19(14)25-13-27-21)28(2)20-15-9-17(30-3)18(31-4)10-16(15)24-12-26-20/h5,7,9-10,12-13H,6,8,11H2,1-4H3,(H,23,25,27). The van der Waals surface area contributed by atoms with Crippen LogP contribution in [0.15, 0.2) is 37.1 Å². The van der Waals surface area contributed by atoms with Crippen LogP contribution < -0.4 is 19.3 Å². The minimum atomic E-state index is -0.137. The first-order chi connectivity index (χ1) is 15.0. The maximum Gasteiger partial charge on any atom is 0.162 e. The Kier molecular flexibility index (Phi) is 4.53. The Bertz CT molecular complexity index is 1260. The van der Waals surface area contributed by atoms with Gasteiger partial charge in [0.1, 0.15) is 29.9 Å². The zero-order valence-corrected chi connectivity index (χ0v) is 18.1. The van der Waals surface area contributed by atoms with Crippen LogP contribution in [0.5, 0.6) is 11.5 Å². The van der Waals surface area contributed by atoms with Crippen molar-refractivity contribution in [2.45, 2.75) is 18.9 Å². The predicted octanol–water partition coefficient (Wildman–Crippen LogP) is 3.02. The number of likely N-dealkylation sites (N-methyl/N-ethyl adjacent to an activating group) is 1. The Hall–Kier alpha value is -3.62. The average molecular weight is 419 g/mol. The topological polar surface area (TPSA) is 92.3 Å². The van der Waals surface area contributed by atoms with Crippen LogP contribution in [0.3, 0.4) is 0 Å². The van der Waals surface area contributed by atoms with E-state index in [4.69, 9.17) is 9.47 Å². The molecular weight excluding hydrogens is 394 g/mol. The van der Waals surface area contributed by atoms with Crippen LogP contribution >= 0.6 is 0 Å². The van der Waals surface area contributed by atoms with Crippen LogP contribution in [0.1, 0.15) is 13.3 Å². The van der Waals surface area contributed by atoms with E-state index < -0.39 is 0 Å². The molecule has 0 spiro atoms. The molecule has 0 amide bonds. The van der Waals surface area contributed by atoms with Crippen molar-refractivity contribution < 1.29 is 9.47 Å². The SMILES string of the molecule is COc1cc2ncnc(N(C)C3(C)CCN(c4ncnc5[nH]ccc45)C3)c2cc1OC. The normalized spacial score (nSPS) is 18.6. The number of nitrogens with one attached hydrogen (secondary N) is 1. The fraction of sp³-hybridized carbons (Fsp3) is 0.364. The van der Waals surface area contributed by atoms with E-state index in [0.717, 1.165) is 53.1 Å². The van der Waals surface area contributed by atoms with Crippen molar-refractivity contribution >= 4 is 33.6 Å². The number of H-pyrrole nitrogens is 1. The van der Waals surface area contributed by atoms with Crippen molar-refractivity contribution in [1.82, 2.24) is 24.9 Å². The van der Waals surface area contributed by atoms with Gasteiger partial charge in [-0.05, 0) is 25.5 Å². The summed E-state index contributed by atoms with van der Waals surface area (Å²) in [6.07, 6.45) is 6.09. The molecule has 1 aromatic carbocycles. The summed E-state index contributed by atoms with van der Waals surface area (Å²) in [6.45, 7) is 3.98. The Balaban J connectivity index is 1.51. The smallest absolute Gasteiger partial charge is 0.162 e. The fourth-order valence-corrected chi connectivity index (χ4v) is 4.40. The highest BCUT2D eigenvalue weighted by Crippen LogP contribution is 2.39. The fourth-order valence-electron chi connectivity index (χ4n) is 4.40. The monoisotopic (exact) mass is 419 g/mol. The molecule has 1 aliphatic rings. The molecule has 0 radical (unpaired) electrons. The van der Waals surface area contributed by atoms with Crippen LogP contribution in [0, 0.1) is 0 Å². The molecule has 4 aromatic rings. The van der Waals surface area contributed by atoms with E-state index in [2.05, 4.69) is 48.7 Å². The van der Waals surface area contributed by atoms with Crippen LogP contribution in [0.25, 0.3) is 21.9 Å². The number of ether oxygens (including phenoxy) is 2. The number of nitrogens with zero attached hydrogens (tertiary/aromatic N) is 6. The molecule has 0 saturated carbocycles. The number of aromatic amines is 1. The Morgan fingerprint density at radius 2 is 1.81 bits per heavy atom. The van der Waals surface area contributed by atoms with Gasteiger partial charge < -0.3 is 24.3 Å². The lowest BCUT2D eigenvalue weighted by molar-refractivity contribution is 0.355. The molecule has 1 saturated heterocycles. The summed E-state index contributed by atoms with van der Waals surface area (Å²) in [5.74, 6) is 3.14. The van der Waals surface area contributed by atoms with Gasteiger partial charge in [0.05, 0.1) is 30.7 Å². The minimum Gasteiger partial charge on any atom is -0.493 e. The number of fused-ring (bicyclic) bond motifs is 2. The number of aromatic nitrogens is 5. The maximum absolute atomic E-state index is 5.51.